The van der Waals surface area contributed by atoms with Crippen molar-refractivity contribution >= 4 is 11.7 Å². The first-order chi connectivity index (χ1) is 6.63. The molecule has 4 heteroatoms. The Morgan fingerprint density at radius 2 is 2.43 bits per heavy atom. The number of hydrogen-bond acceptors (Lipinski definition) is 3. The second kappa shape index (κ2) is 4.72. The fourth-order valence-electron chi connectivity index (χ4n) is 0.961. The van der Waals surface area contributed by atoms with Gasteiger partial charge in [0.1, 0.15) is 5.82 Å². The molecule has 76 valence electrons. The van der Waals surface area contributed by atoms with E-state index in [1.807, 2.05) is 19.1 Å². The molecule has 1 atom stereocenters. The van der Waals surface area contributed by atoms with Crippen LogP contribution in [0.2, 0.25) is 0 Å². The lowest BCUT2D eigenvalue weighted by atomic mass is 10.1. The van der Waals surface area contributed by atoms with Crippen molar-refractivity contribution in [3.63, 3.8) is 0 Å². The molecule has 0 aromatic carbocycles. The van der Waals surface area contributed by atoms with E-state index in [-0.39, 0.29) is 11.8 Å². The Morgan fingerprint density at radius 1 is 1.71 bits per heavy atom. The first-order valence-corrected chi connectivity index (χ1v) is 4.57. The zero-order chi connectivity index (χ0) is 10.6. The molecule has 1 amide bonds. The van der Waals surface area contributed by atoms with Crippen molar-refractivity contribution in [3.8, 4) is 0 Å². The van der Waals surface area contributed by atoms with Crippen LogP contribution in [0.3, 0.4) is 0 Å². The van der Waals surface area contributed by atoms with E-state index in [0.717, 1.165) is 5.56 Å². The fourth-order valence-corrected chi connectivity index (χ4v) is 0.961. The molecule has 1 unspecified atom stereocenters. The molecule has 14 heavy (non-hydrogen) atoms. The van der Waals surface area contributed by atoms with Crippen molar-refractivity contribution in [3.05, 3.63) is 23.9 Å². The van der Waals surface area contributed by atoms with E-state index in [1.165, 1.54) is 0 Å². The lowest BCUT2D eigenvalue weighted by Crippen LogP contribution is -2.27. The third kappa shape index (κ3) is 2.81. The Kier molecular flexibility index (Phi) is 3.59. The predicted molar refractivity (Wildman–Crippen MR) is 55.8 cm³/mol. The van der Waals surface area contributed by atoms with Crippen LogP contribution in [0.15, 0.2) is 18.3 Å². The van der Waals surface area contributed by atoms with Crippen LogP contribution < -0.4 is 11.1 Å². The van der Waals surface area contributed by atoms with Crippen molar-refractivity contribution in [2.24, 2.45) is 11.7 Å². The highest BCUT2D eigenvalue weighted by Crippen LogP contribution is 2.06. The van der Waals surface area contributed by atoms with Gasteiger partial charge in [0, 0.05) is 18.7 Å². The summed E-state index contributed by atoms with van der Waals surface area (Å²) < 4.78 is 0. The number of anilines is 1. The SMILES string of the molecule is Cc1ccnc(NC(=O)C(C)CN)c1. The number of nitrogens with zero attached hydrogens (tertiary/aromatic N) is 1. The average molecular weight is 193 g/mol. The summed E-state index contributed by atoms with van der Waals surface area (Å²) in [6.45, 7) is 4.08. The smallest absolute Gasteiger partial charge is 0.229 e. The number of amides is 1. The van der Waals surface area contributed by atoms with Gasteiger partial charge in [0.05, 0.1) is 0 Å². The first-order valence-electron chi connectivity index (χ1n) is 4.57. The van der Waals surface area contributed by atoms with E-state index in [1.54, 1.807) is 13.1 Å². The second-order valence-electron chi connectivity index (χ2n) is 3.34. The molecule has 1 rings (SSSR count). The molecule has 0 aliphatic rings. The molecule has 0 aliphatic carbocycles. The number of hydrogen-bond donors (Lipinski definition) is 2. The summed E-state index contributed by atoms with van der Waals surface area (Å²) >= 11 is 0. The van der Waals surface area contributed by atoms with E-state index in [9.17, 15) is 4.79 Å². The minimum absolute atomic E-state index is 0.0920. The van der Waals surface area contributed by atoms with Gasteiger partial charge in [0.2, 0.25) is 5.91 Å². The molecule has 0 spiro atoms. The summed E-state index contributed by atoms with van der Waals surface area (Å²) in [7, 11) is 0. The maximum atomic E-state index is 11.4. The van der Waals surface area contributed by atoms with Gasteiger partial charge >= 0.3 is 0 Å². The van der Waals surface area contributed by atoms with Crippen LogP contribution in [-0.2, 0) is 4.79 Å². The summed E-state index contributed by atoms with van der Waals surface area (Å²) in [5.74, 6) is 0.304. The molecule has 0 saturated carbocycles. The van der Waals surface area contributed by atoms with Crippen LogP contribution in [0.25, 0.3) is 0 Å². The van der Waals surface area contributed by atoms with Gasteiger partial charge in [-0.2, -0.15) is 0 Å². The normalized spacial score (nSPS) is 12.2. The van der Waals surface area contributed by atoms with Gasteiger partial charge in [-0.1, -0.05) is 6.92 Å². The summed E-state index contributed by atoms with van der Waals surface area (Å²) in [5.41, 5.74) is 6.44. The Labute approximate surface area is 83.5 Å². The number of rotatable bonds is 3. The number of pyridine rings is 1. The Bertz CT molecular complexity index is 325. The van der Waals surface area contributed by atoms with Gasteiger partial charge in [0.25, 0.3) is 0 Å². The maximum Gasteiger partial charge on any atom is 0.229 e. The lowest BCUT2D eigenvalue weighted by Gasteiger charge is -2.09. The molecule has 3 N–H and O–H groups in total. The van der Waals surface area contributed by atoms with E-state index in [4.69, 9.17) is 5.73 Å². The standard InChI is InChI=1S/C10H15N3O/c1-7-3-4-12-9(5-7)13-10(14)8(2)6-11/h3-5,8H,6,11H2,1-2H3,(H,12,13,14). The van der Waals surface area contributed by atoms with Crippen molar-refractivity contribution in [1.82, 2.24) is 4.98 Å². The number of carbonyl (C=O) groups excluding carboxylic acids is 1. The number of carbonyl (C=O) groups is 1. The zero-order valence-electron chi connectivity index (χ0n) is 8.45. The van der Waals surface area contributed by atoms with Crippen molar-refractivity contribution < 1.29 is 4.79 Å². The maximum absolute atomic E-state index is 11.4. The molecule has 1 aromatic heterocycles. The van der Waals surface area contributed by atoms with Crippen LogP contribution in [-0.4, -0.2) is 17.4 Å². The number of aromatic nitrogens is 1. The first kappa shape index (κ1) is 10.7. The summed E-state index contributed by atoms with van der Waals surface area (Å²) in [4.78, 5) is 15.4. The van der Waals surface area contributed by atoms with E-state index in [0.29, 0.717) is 12.4 Å². The monoisotopic (exact) mass is 193 g/mol. The molecular formula is C10H15N3O. The van der Waals surface area contributed by atoms with Crippen molar-refractivity contribution in [1.29, 1.82) is 0 Å². The Hall–Kier alpha value is -1.42. The van der Waals surface area contributed by atoms with E-state index < -0.39 is 0 Å². The molecule has 0 fully saturated rings. The predicted octanol–water partition coefficient (Wildman–Crippen LogP) is 0.923. The third-order valence-electron chi connectivity index (χ3n) is 1.97. The van der Waals surface area contributed by atoms with Crippen LogP contribution in [0.1, 0.15) is 12.5 Å². The van der Waals surface area contributed by atoms with Gasteiger partial charge in [-0.05, 0) is 24.6 Å². The van der Waals surface area contributed by atoms with Crippen LogP contribution >= 0.6 is 0 Å². The number of nitrogens with two attached hydrogens (primary N) is 1. The second-order valence-corrected chi connectivity index (χ2v) is 3.34. The van der Waals surface area contributed by atoms with Gasteiger partial charge in [-0.15, -0.1) is 0 Å². The molecule has 0 aliphatic heterocycles. The van der Waals surface area contributed by atoms with Gasteiger partial charge in [-0.3, -0.25) is 4.79 Å². The Morgan fingerprint density at radius 3 is 3.00 bits per heavy atom. The Balaban J connectivity index is 2.65. The topological polar surface area (TPSA) is 68.0 Å². The molecule has 1 aromatic rings. The molecular weight excluding hydrogens is 178 g/mol. The van der Waals surface area contributed by atoms with Gasteiger partial charge in [0.15, 0.2) is 0 Å². The summed E-state index contributed by atoms with van der Waals surface area (Å²) in [6.07, 6.45) is 1.66. The van der Waals surface area contributed by atoms with Crippen molar-refractivity contribution in [2.75, 3.05) is 11.9 Å². The van der Waals surface area contributed by atoms with Gasteiger partial charge in [-0.25, -0.2) is 4.98 Å². The number of aryl methyl sites for hydroxylation is 1. The molecule has 0 bridgehead atoms. The summed E-state index contributed by atoms with van der Waals surface area (Å²) in [5, 5.41) is 2.70. The fraction of sp³-hybridized carbons (Fsp3) is 0.400. The minimum atomic E-state index is -0.183. The molecule has 0 radical (unpaired) electrons. The largest absolute Gasteiger partial charge is 0.330 e. The highest BCUT2D eigenvalue weighted by Gasteiger charge is 2.10. The zero-order valence-corrected chi connectivity index (χ0v) is 8.45. The summed E-state index contributed by atoms with van der Waals surface area (Å²) in [6, 6.07) is 3.70. The molecule has 0 saturated heterocycles. The van der Waals surface area contributed by atoms with Crippen LogP contribution in [0.4, 0.5) is 5.82 Å². The third-order valence-corrected chi connectivity index (χ3v) is 1.97. The van der Waals surface area contributed by atoms with Gasteiger partial charge < -0.3 is 11.1 Å². The van der Waals surface area contributed by atoms with E-state index in [2.05, 4.69) is 10.3 Å². The number of nitrogens with one attached hydrogen (secondary N) is 1. The van der Waals surface area contributed by atoms with E-state index >= 15 is 0 Å². The quantitative estimate of drug-likeness (QED) is 0.750. The molecule has 1 heterocycles. The lowest BCUT2D eigenvalue weighted by molar-refractivity contribution is -0.119. The highest BCUT2D eigenvalue weighted by atomic mass is 16.1. The average Bonchev–Trinajstić information content (AvgIpc) is 2.16. The van der Waals surface area contributed by atoms with Crippen LogP contribution in [0.5, 0.6) is 0 Å². The minimum Gasteiger partial charge on any atom is -0.330 e. The molecule has 4 nitrogen and oxygen atoms in total. The highest BCUT2D eigenvalue weighted by molar-refractivity contribution is 5.91. The van der Waals surface area contributed by atoms with Crippen molar-refractivity contribution in [2.45, 2.75) is 13.8 Å². The van der Waals surface area contributed by atoms with Crippen LogP contribution in [0, 0.1) is 12.8 Å².